The number of halogens is 1. The molecule has 1 aliphatic heterocycles. The first-order valence-electron chi connectivity index (χ1n) is 10.6. The van der Waals surface area contributed by atoms with Gasteiger partial charge >= 0.3 is 0 Å². The van der Waals surface area contributed by atoms with Gasteiger partial charge in [-0.1, -0.05) is 17.3 Å². The van der Waals surface area contributed by atoms with E-state index in [1.54, 1.807) is 19.1 Å². The van der Waals surface area contributed by atoms with Crippen LogP contribution in [0.4, 0.5) is 4.39 Å². The van der Waals surface area contributed by atoms with Gasteiger partial charge in [-0.25, -0.2) is 4.39 Å². The molecule has 4 rings (SSSR count). The fourth-order valence-electron chi connectivity index (χ4n) is 4.01. The van der Waals surface area contributed by atoms with Crippen LogP contribution in [0, 0.1) is 5.82 Å². The van der Waals surface area contributed by atoms with Crippen molar-refractivity contribution in [3.8, 4) is 0 Å². The maximum absolute atomic E-state index is 13.1. The largest absolute Gasteiger partial charge is 0.340 e. The van der Waals surface area contributed by atoms with Crippen LogP contribution >= 0.6 is 0 Å². The smallest absolute Gasteiger partial charge is 0.229 e. The third-order valence-corrected chi connectivity index (χ3v) is 5.85. The average Bonchev–Trinajstić information content (AvgIpc) is 3.48. The zero-order valence-electron chi connectivity index (χ0n) is 17.2. The van der Waals surface area contributed by atoms with Crippen LogP contribution in [-0.4, -0.2) is 57.4 Å². The number of hydrogen-bond acceptors (Lipinski definition) is 5. The summed E-state index contributed by atoms with van der Waals surface area (Å²) in [5.41, 5.74) is 0.788. The van der Waals surface area contributed by atoms with Crippen molar-refractivity contribution in [3.05, 3.63) is 47.4 Å². The third kappa shape index (κ3) is 5.04. The molecule has 0 spiro atoms. The third-order valence-electron chi connectivity index (χ3n) is 5.85. The van der Waals surface area contributed by atoms with Crippen molar-refractivity contribution in [2.75, 3.05) is 19.6 Å². The van der Waals surface area contributed by atoms with E-state index in [-0.39, 0.29) is 30.1 Å². The molecule has 1 unspecified atom stereocenters. The molecule has 2 amide bonds. The van der Waals surface area contributed by atoms with Crippen molar-refractivity contribution < 1.29 is 18.5 Å². The maximum Gasteiger partial charge on any atom is 0.229 e. The Morgan fingerprint density at radius 2 is 2.00 bits per heavy atom. The lowest BCUT2D eigenvalue weighted by Crippen LogP contribution is -2.52. The molecule has 0 N–H and O–H groups in total. The normalized spacial score (nSPS) is 19.0. The molecular formula is C22H27FN4O3. The van der Waals surface area contributed by atoms with Gasteiger partial charge in [-0.05, 0) is 43.4 Å². The molecule has 2 heterocycles. The monoisotopic (exact) mass is 414 g/mol. The number of benzene rings is 1. The Balaban J connectivity index is 1.34. The van der Waals surface area contributed by atoms with Crippen molar-refractivity contribution in [1.82, 2.24) is 19.9 Å². The second-order valence-corrected chi connectivity index (χ2v) is 8.22. The van der Waals surface area contributed by atoms with Gasteiger partial charge < -0.3 is 14.3 Å². The van der Waals surface area contributed by atoms with Gasteiger partial charge in [0.1, 0.15) is 5.82 Å². The highest BCUT2D eigenvalue weighted by atomic mass is 19.1. The van der Waals surface area contributed by atoms with Crippen LogP contribution in [0.1, 0.15) is 55.8 Å². The molecule has 2 aromatic rings. The molecule has 0 radical (unpaired) electrons. The van der Waals surface area contributed by atoms with Gasteiger partial charge in [-0.15, -0.1) is 0 Å². The number of likely N-dealkylation sites (tertiary alicyclic amines) is 1. The second-order valence-electron chi connectivity index (χ2n) is 8.22. The topological polar surface area (TPSA) is 79.5 Å². The van der Waals surface area contributed by atoms with Crippen molar-refractivity contribution in [2.45, 2.75) is 57.4 Å². The summed E-state index contributed by atoms with van der Waals surface area (Å²) >= 11 is 0. The van der Waals surface area contributed by atoms with E-state index in [9.17, 15) is 14.0 Å². The predicted molar refractivity (Wildman–Crippen MR) is 107 cm³/mol. The summed E-state index contributed by atoms with van der Waals surface area (Å²) in [6.45, 7) is 3.26. The average molecular weight is 414 g/mol. The van der Waals surface area contributed by atoms with Gasteiger partial charge in [0, 0.05) is 44.9 Å². The summed E-state index contributed by atoms with van der Waals surface area (Å²) in [6, 6.07) is 5.98. The number of hydrogen-bond donors (Lipinski definition) is 0. The summed E-state index contributed by atoms with van der Waals surface area (Å²) in [4.78, 5) is 33.1. The molecule has 1 saturated carbocycles. The van der Waals surface area contributed by atoms with Crippen molar-refractivity contribution in [2.24, 2.45) is 0 Å². The second kappa shape index (κ2) is 8.93. The highest BCUT2D eigenvalue weighted by Gasteiger charge is 2.31. The number of rotatable bonds is 7. The van der Waals surface area contributed by atoms with E-state index in [0.29, 0.717) is 43.7 Å². The first-order chi connectivity index (χ1) is 14.5. The number of piperidine rings is 1. The zero-order valence-corrected chi connectivity index (χ0v) is 17.2. The summed E-state index contributed by atoms with van der Waals surface area (Å²) in [5.74, 6) is 1.42. The SMILES string of the molecule is CC(=O)N(CCc1noc(C2CC2)n1)C1CCCN(C(=O)Cc2ccc(F)cc2)C1. The first kappa shape index (κ1) is 20.5. The predicted octanol–water partition coefficient (Wildman–Crippen LogP) is 2.71. The van der Waals surface area contributed by atoms with E-state index in [0.717, 1.165) is 31.2 Å². The van der Waals surface area contributed by atoms with Gasteiger partial charge in [0.05, 0.1) is 6.42 Å². The molecule has 2 aliphatic rings. The summed E-state index contributed by atoms with van der Waals surface area (Å²) in [6.07, 6.45) is 4.68. The van der Waals surface area contributed by atoms with E-state index in [2.05, 4.69) is 10.1 Å². The van der Waals surface area contributed by atoms with Gasteiger partial charge in [0.15, 0.2) is 5.82 Å². The van der Waals surface area contributed by atoms with Gasteiger partial charge in [-0.2, -0.15) is 4.98 Å². The lowest BCUT2D eigenvalue weighted by molar-refractivity contribution is -0.138. The Bertz CT molecular complexity index is 894. The molecule has 1 atom stereocenters. The minimum atomic E-state index is -0.313. The molecule has 2 fully saturated rings. The van der Waals surface area contributed by atoms with Crippen LogP contribution in [0.25, 0.3) is 0 Å². The Kier molecular flexibility index (Phi) is 6.11. The maximum atomic E-state index is 13.1. The van der Waals surface area contributed by atoms with Gasteiger partial charge in [0.2, 0.25) is 17.7 Å². The number of amides is 2. The minimum Gasteiger partial charge on any atom is -0.340 e. The Morgan fingerprint density at radius 3 is 2.70 bits per heavy atom. The standard InChI is InChI=1S/C22H27FN4O3/c1-15(28)27(12-10-20-24-22(30-25-20)17-6-7-17)19-3-2-11-26(14-19)21(29)13-16-4-8-18(23)9-5-16/h4-5,8-9,17,19H,2-3,6-7,10-14H2,1H3. The minimum absolute atomic E-state index is 0.00190. The van der Waals surface area contributed by atoms with Crippen LogP contribution in [0.2, 0.25) is 0 Å². The Morgan fingerprint density at radius 1 is 1.23 bits per heavy atom. The van der Waals surface area contributed by atoms with Crippen LogP contribution in [0.3, 0.4) is 0 Å². The van der Waals surface area contributed by atoms with Gasteiger partial charge in [-0.3, -0.25) is 9.59 Å². The van der Waals surface area contributed by atoms with E-state index >= 15 is 0 Å². The molecule has 160 valence electrons. The Hall–Kier alpha value is -2.77. The molecule has 30 heavy (non-hydrogen) atoms. The highest BCUT2D eigenvalue weighted by Crippen LogP contribution is 2.38. The molecule has 1 aromatic carbocycles. The fraction of sp³-hybridized carbons (Fsp3) is 0.545. The number of carbonyl (C=O) groups excluding carboxylic acids is 2. The van der Waals surface area contributed by atoms with Crippen LogP contribution in [0.15, 0.2) is 28.8 Å². The summed E-state index contributed by atoms with van der Waals surface area (Å²) in [5, 5.41) is 4.03. The molecule has 8 heteroatoms. The van der Waals surface area contributed by atoms with E-state index in [4.69, 9.17) is 4.52 Å². The number of carbonyl (C=O) groups is 2. The lowest BCUT2D eigenvalue weighted by atomic mass is 10.0. The Labute approximate surface area is 175 Å². The van der Waals surface area contributed by atoms with Gasteiger partial charge in [0.25, 0.3) is 0 Å². The first-order valence-corrected chi connectivity index (χ1v) is 10.6. The van der Waals surface area contributed by atoms with Crippen molar-refractivity contribution >= 4 is 11.8 Å². The van der Waals surface area contributed by atoms with Crippen LogP contribution in [0.5, 0.6) is 0 Å². The summed E-state index contributed by atoms with van der Waals surface area (Å²) in [7, 11) is 0. The summed E-state index contributed by atoms with van der Waals surface area (Å²) < 4.78 is 18.4. The molecule has 1 aliphatic carbocycles. The zero-order chi connectivity index (χ0) is 21.1. The quantitative estimate of drug-likeness (QED) is 0.696. The molecule has 1 aromatic heterocycles. The van der Waals surface area contributed by atoms with E-state index in [1.165, 1.54) is 12.1 Å². The fourth-order valence-corrected chi connectivity index (χ4v) is 4.01. The lowest BCUT2D eigenvalue weighted by Gasteiger charge is -2.39. The van der Waals surface area contributed by atoms with Crippen molar-refractivity contribution in [3.63, 3.8) is 0 Å². The molecule has 0 bridgehead atoms. The molecule has 1 saturated heterocycles. The van der Waals surface area contributed by atoms with Crippen molar-refractivity contribution in [1.29, 1.82) is 0 Å². The molecule has 7 nitrogen and oxygen atoms in total. The van der Waals surface area contributed by atoms with Crippen LogP contribution < -0.4 is 0 Å². The highest BCUT2D eigenvalue weighted by molar-refractivity contribution is 5.79. The number of nitrogens with zero attached hydrogens (tertiary/aromatic N) is 4. The molecular weight excluding hydrogens is 387 g/mol. The van der Waals surface area contributed by atoms with Crippen LogP contribution in [-0.2, 0) is 22.4 Å². The van der Waals surface area contributed by atoms with E-state index in [1.807, 2.05) is 9.80 Å². The number of aromatic nitrogens is 2. The van der Waals surface area contributed by atoms with E-state index < -0.39 is 0 Å².